The van der Waals surface area contributed by atoms with Crippen LogP contribution in [0.25, 0.3) is 10.1 Å². The minimum Gasteiger partial charge on any atom is -0.499 e. The van der Waals surface area contributed by atoms with Crippen LogP contribution in [0.2, 0.25) is 0 Å². The molecule has 1 heterocycles. The van der Waals surface area contributed by atoms with E-state index in [9.17, 15) is 9.50 Å². The van der Waals surface area contributed by atoms with E-state index in [1.807, 2.05) is 0 Å². The summed E-state index contributed by atoms with van der Waals surface area (Å²) in [6.07, 6.45) is 0. The first kappa shape index (κ1) is 8.97. The lowest BCUT2D eigenvalue weighted by Crippen LogP contribution is -1.84. The molecule has 1 aromatic heterocycles. The molecule has 4 heteroatoms. The van der Waals surface area contributed by atoms with Crippen molar-refractivity contribution in [3.8, 4) is 5.06 Å². The Balaban J connectivity index is 2.82. The molecule has 2 aromatic rings. The molecule has 68 valence electrons. The standard InChI is InChI=1S/C9H6BrFOS/c10-4-6-7(11)2-1-5-3-8(12)13-9(5)6/h1-3,12H,4H2. The molecular formula is C9H6BrFOS. The molecule has 1 aromatic carbocycles. The van der Waals surface area contributed by atoms with Crippen LogP contribution >= 0.6 is 27.3 Å². The van der Waals surface area contributed by atoms with Gasteiger partial charge in [-0.25, -0.2) is 4.39 Å². The van der Waals surface area contributed by atoms with Crippen LogP contribution in [0.4, 0.5) is 4.39 Å². The van der Waals surface area contributed by atoms with E-state index in [1.54, 1.807) is 12.1 Å². The minimum atomic E-state index is -0.230. The number of rotatable bonds is 1. The zero-order chi connectivity index (χ0) is 9.42. The lowest BCUT2D eigenvalue weighted by atomic mass is 10.2. The van der Waals surface area contributed by atoms with Gasteiger partial charge in [0.05, 0.1) is 0 Å². The highest BCUT2D eigenvalue weighted by molar-refractivity contribution is 9.08. The molecule has 0 amide bonds. The van der Waals surface area contributed by atoms with Gasteiger partial charge < -0.3 is 5.11 Å². The lowest BCUT2D eigenvalue weighted by molar-refractivity contribution is 0.491. The summed E-state index contributed by atoms with van der Waals surface area (Å²) < 4.78 is 14.0. The molecule has 2 rings (SSSR count). The fraction of sp³-hybridized carbons (Fsp3) is 0.111. The molecule has 13 heavy (non-hydrogen) atoms. The molecule has 0 aliphatic rings. The maximum Gasteiger partial charge on any atom is 0.172 e. The number of fused-ring (bicyclic) bond motifs is 1. The van der Waals surface area contributed by atoms with E-state index in [4.69, 9.17) is 0 Å². The monoisotopic (exact) mass is 260 g/mol. The van der Waals surface area contributed by atoms with Crippen LogP contribution in [-0.2, 0) is 5.33 Å². The summed E-state index contributed by atoms with van der Waals surface area (Å²) in [5, 5.41) is 10.8. The van der Waals surface area contributed by atoms with Gasteiger partial charge in [-0.2, -0.15) is 0 Å². The molecule has 0 saturated heterocycles. The average Bonchev–Trinajstić information content (AvgIpc) is 2.45. The maximum atomic E-state index is 13.2. The Morgan fingerprint density at radius 3 is 2.92 bits per heavy atom. The molecule has 1 N–H and O–H groups in total. The fourth-order valence-corrected chi connectivity index (χ4v) is 2.91. The summed E-state index contributed by atoms with van der Waals surface area (Å²) in [5.41, 5.74) is 0.614. The SMILES string of the molecule is Oc1cc2ccc(F)c(CBr)c2s1. The van der Waals surface area contributed by atoms with Gasteiger partial charge >= 0.3 is 0 Å². The molecule has 0 fully saturated rings. The first-order valence-corrected chi connectivity index (χ1v) is 5.62. The molecule has 0 radical (unpaired) electrons. The highest BCUT2D eigenvalue weighted by atomic mass is 79.9. The van der Waals surface area contributed by atoms with Crippen LogP contribution in [0.5, 0.6) is 5.06 Å². The van der Waals surface area contributed by atoms with Gasteiger partial charge in [0.2, 0.25) is 0 Å². The van der Waals surface area contributed by atoms with Crippen LogP contribution in [0.3, 0.4) is 0 Å². The van der Waals surface area contributed by atoms with E-state index < -0.39 is 0 Å². The predicted molar refractivity (Wildman–Crippen MR) is 56.1 cm³/mol. The van der Waals surface area contributed by atoms with Crippen molar-refractivity contribution in [1.82, 2.24) is 0 Å². The Morgan fingerprint density at radius 2 is 2.23 bits per heavy atom. The molecule has 0 bridgehead atoms. The lowest BCUT2D eigenvalue weighted by Gasteiger charge is -1.98. The number of hydrogen-bond donors (Lipinski definition) is 1. The fourth-order valence-electron chi connectivity index (χ4n) is 1.25. The zero-order valence-electron chi connectivity index (χ0n) is 6.55. The number of alkyl halides is 1. The quantitative estimate of drug-likeness (QED) is 0.777. The molecule has 0 spiro atoms. The van der Waals surface area contributed by atoms with Gasteiger partial charge in [-0.15, -0.1) is 0 Å². The van der Waals surface area contributed by atoms with Crippen molar-refractivity contribution in [3.63, 3.8) is 0 Å². The number of thiophene rings is 1. The largest absolute Gasteiger partial charge is 0.499 e. The Kier molecular flexibility index (Phi) is 2.26. The molecule has 0 unspecified atom stereocenters. The van der Waals surface area contributed by atoms with Crippen LogP contribution in [0.15, 0.2) is 18.2 Å². The van der Waals surface area contributed by atoms with Crippen LogP contribution in [-0.4, -0.2) is 5.11 Å². The Bertz CT molecular complexity index is 452. The van der Waals surface area contributed by atoms with Crippen molar-refractivity contribution < 1.29 is 9.50 Å². The van der Waals surface area contributed by atoms with Crippen molar-refractivity contribution in [2.45, 2.75) is 5.33 Å². The highest BCUT2D eigenvalue weighted by Crippen LogP contribution is 2.34. The van der Waals surface area contributed by atoms with E-state index >= 15 is 0 Å². The van der Waals surface area contributed by atoms with Crippen LogP contribution < -0.4 is 0 Å². The van der Waals surface area contributed by atoms with Gasteiger partial charge in [0.25, 0.3) is 0 Å². The van der Waals surface area contributed by atoms with Crippen molar-refractivity contribution in [3.05, 3.63) is 29.6 Å². The van der Waals surface area contributed by atoms with Gasteiger partial charge in [-0.3, -0.25) is 0 Å². The van der Waals surface area contributed by atoms with E-state index in [-0.39, 0.29) is 10.9 Å². The number of halogens is 2. The second-order valence-electron chi connectivity index (χ2n) is 2.66. The summed E-state index contributed by atoms with van der Waals surface area (Å²) in [4.78, 5) is 0. The van der Waals surface area contributed by atoms with E-state index in [1.165, 1.54) is 17.4 Å². The summed E-state index contributed by atoms with van der Waals surface area (Å²) in [6.45, 7) is 0. The first-order chi connectivity index (χ1) is 6.22. The topological polar surface area (TPSA) is 20.2 Å². The average molecular weight is 261 g/mol. The third kappa shape index (κ3) is 1.44. The Morgan fingerprint density at radius 1 is 1.46 bits per heavy atom. The van der Waals surface area contributed by atoms with Gasteiger partial charge in [0.1, 0.15) is 5.82 Å². The van der Waals surface area contributed by atoms with Crippen LogP contribution in [0.1, 0.15) is 5.56 Å². The van der Waals surface area contributed by atoms with Crippen molar-refractivity contribution in [1.29, 1.82) is 0 Å². The molecule has 0 atom stereocenters. The van der Waals surface area contributed by atoms with Gasteiger partial charge in [0.15, 0.2) is 5.06 Å². The molecule has 0 saturated carbocycles. The van der Waals surface area contributed by atoms with Crippen molar-refractivity contribution in [2.24, 2.45) is 0 Å². The Labute approximate surface area is 86.9 Å². The second kappa shape index (κ2) is 3.27. The van der Waals surface area contributed by atoms with E-state index in [0.29, 0.717) is 10.9 Å². The molecular weight excluding hydrogens is 255 g/mol. The predicted octanol–water partition coefficient (Wildman–Crippen LogP) is 3.64. The van der Waals surface area contributed by atoms with E-state index in [2.05, 4.69) is 15.9 Å². The Hall–Kier alpha value is -0.610. The minimum absolute atomic E-state index is 0.225. The molecule has 0 aliphatic heterocycles. The second-order valence-corrected chi connectivity index (χ2v) is 4.25. The third-order valence-corrected chi connectivity index (χ3v) is 3.43. The van der Waals surface area contributed by atoms with Crippen LogP contribution in [0, 0.1) is 5.82 Å². The summed E-state index contributed by atoms with van der Waals surface area (Å²) in [6, 6.07) is 4.74. The summed E-state index contributed by atoms with van der Waals surface area (Å²) in [5.74, 6) is -0.230. The third-order valence-electron chi connectivity index (χ3n) is 1.85. The van der Waals surface area contributed by atoms with Gasteiger partial charge in [-0.05, 0) is 17.5 Å². The maximum absolute atomic E-state index is 13.2. The zero-order valence-corrected chi connectivity index (χ0v) is 8.95. The summed E-state index contributed by atoms with van der Waals surface area (Å²) >= 11 is 4.43. The van der Waals surface area contributed by atoms with Crippen molar-refractivity contribution in [2.75, 3.05) is 0 Å². The van der Waals surface area contributed by atoms with E-state index in [0.717, 1.165) is 10.1 Å². The first-order valence-electron chi connectivity index (χ1n) is 3.68. The molecule has 0 aliphatic carbocycles. The van der Waals surface area contributed by atoms with Gasteiger partial charge in [-0.1, -0.05) is 33.3 Å². The van der Waals surface area contributed by atoms with Crippen molar-refractivity contribution >= 4 is 37.4 Å². The summed E-state index contributed by atoms with van der Waals surface area (Å²) in [7, 11) is 0. The number of aromatic hydroxyl groups is 1. The highest BCUT2D eigenvalue weighted by Gasteiger charge is 2.09. The smallest absolute Gasteiger partial charge is 0.172 e. The normalized spacial score (nSPS) is 10.9. The number of benzene rings is 1. The molecule has 1 nitrogen and oxygen atoms in total. The van der Waals surface area contributed by atoms with Gasteiger partial charge in [0, 0.05) is 15.6 Å². The number of hydrogen-bond acceptors (Lipinski definition) is 2.